The van der Waals surface area contributed by atoms with Crippen LogP contribution in [0.25, 0.3) is 0 Å². The van der Waals surface area contributed by atoms with Gasteiger partial charge in [-0.1, -0.05) is 6.07 Å². The lowest BCUT2D eigenvalue weighted by molar-refractivity contribution is -0.384. The highest BCUT2D eigenvalue weighted by atomic mass is 79.9. The number of amides is 1. The molecule has 10 heteroatoms. The van der Waals surface area contributed by atoms with Crippen molar-refractivity contribution in [1.29, 1.82) is 0 Å². The van der Waals surface area contributed by atoms with E-state index in [4.69, 9.17) is 21.7 Å². The standard InChI is InChI=1S/C16H14BrN3O5S/c1-24-12-4-3-5-13(25-2)14(12)15(21)19-16(26)18-11-7-6-9(20(22)23)8-10(11)17/h3-8H,1-2H3,(H2,18,19,21,26). The molecule has 0 aliphatic carbocycles. The van der Waals surface area contributed by atoms with Gasteiger partial charge in [0.15, 0.2) is 5.11 Å². The zero-order valence-electron chi connectivity index (χ0n) is 13.7. The molecule has 8 nitrogen and oxygen atoms in total. The first kappa shape index (κ1) is 19.6. The molecule has 0 spiro atoms. The lowest BCUT2D eigenvalue weighted by atomic mass is 10.1. The number of methoxy groups -OCH3 is 2. The third-order valence-corrected chi connectivity index (χ3v) is 4.15. The van der Waals surface area contributed by atoms with Gasteiger partial charge in [-0.15, -0.1) is 0 Å². The van der Waals surface area contributed by atoms with Gasteiger partial charge in [0.2, 0.25) is 0 Å². The van der Waals surface area contributed by atoms with E-state index in [2.05, 4.69) is 26.6 Å². The van der Waals surface area contributed by atoms with Gasteiger partial charge in [0.25, 0.3) is 11.6 Å². The molecule has 0 saturated heterocycles. The number of non-ortho nitro benzene ring substituents is 1. The maximum atomic E-state index is 12.5. The molecule has 0 heterocycles. The van der Waals surface area contributed by atoms with E-state index in [1.165, 1.54) is 32.4 Å². The van der Waals surface area contributed by atoms with Crippen molar-refractivity contribution in [3.8, 4) is 11.5 Å². The average molecular weight is 440 g/mol. The van der Waals surface area contributed by atoms with Gasteiger partial charge in [-0.25, -0.2) is 0 Å². The van der Waals surface area contributed by atoms with Crippen molar-refractivity contribution in [2.45, 2.75) is 0 Å². The molecule has 2 aromatic rings. The second kappa shape index (κ2) is 8.59. The lowest BCUT2D eigenvalue weighted by Crippen LogP contribution is -2.34. The highest BCUT2D eigenvalue weighted by Gasteiger charge is 2.19. The monoisotopic (exact) mass is 439 g/mol. The summed E-state index contributed by atoms with van der Waals surface area (Å²) in [5.74, 6) is 0.150. The molecular weight excluding hydrogens is 426 g/mol. The molecule has 0 saturated carbocycles. The van der Waals surface area contributed by atoms with E-state index in [0.717, 1.165) is 0 Å². The van der Waals surface area contributed by atoms with Crippen molar-refractivity contribution in [3.63, 3.8) is 0 Å². The zero-order valence-corrected chi connectivity index (χ0v) is 16.1. The van der Waals surface area contributed by atoms with Crippen molar-refractivity contribution in [1.82, 2.24) is 5.32 Å². The molecule has 2 rings (SSSR count). The second-order valence-corrected chi connectivity index (χ2v) is 6.13. The fraction of sp³-hybridized carbons (Fsp3) is 0.125. The van der Waals surface area contributed by atoms with E-state index >= 15 is 0 Å². The van der Waals surface area contributed by atoms with Gasteiger partial charge in [-0.3, -0.25) is 20.2 Å². The Morgan fingerprint density at radius 1 is 1.19 bits per heavy atom. The van der Waals surface area contributed by atoms with Crippen LogP contribution in [0.2, 0.25) is 0 Å². The molecule has 0 radical (unpaired) electrons. The van der Waals surface area contributed by atoms with E-state index in [9.17, 15) is 14.9 Å². The Hall–Kier alpha value is -2.72. The first-order valence-corrected chi connectivity index (χ1v) is 8.34. The third-order valence-electron chi connectivity index (χ3n) is 3.29. The minimum atomic E-state index is -0.519. The Kier molecular flexibility index (Phi) is 6.47. The van der Waals surface area contributed by atoms with Crippen LogP contribution in [0.15, 0.2) is 40.9 Å². The minimum absolute atomic E-state index is 0.0116. The summed E-state index contributed by atoms with van der Waals surface area (Å²) in [6.07, 6.45) is 0. The first-order valence-electron chi connectivity index (χ1n) is 7.14. The molecule has 0 unspecified atom stereocenters. The van der Waals surface area contributed by atoms with Crippen LogP contribution in [0.3, 0.4) is 0 Å². The van der Waals surface area contributed by atoms with Gasteiger partial charge >= 0.3 is 0 Å². The number of thiocarbonyl (C=S) groups is 1. The van der Waals surface area contributed by atoms with Crippen LogP contribution in [0.5, 0.6) is 11.5 Å². The Balaban J connectivity index is 2.16. The van der Waals surface area contributed by atoms with Gasteiger partial charge in [0.1, 0.15) is 17.1 Å². The van der Waals surface area contributed by atoms with Gasteiger partial charge in [0, 0.05) is 16.6 Å². The SMILES string of the molecule is COc1cccc(OC)c1C(=O)NC(=S)Nc1ccc([N+](=O)[O-])cc1Br. The first-order chi connectivity index (χ1) is 12.4. The van der Waals surface area contributed by atoms with E-state index in [1.54, 1.807) is 18.2 Å². The Morgan fingerprint density at radius 3 is 2.31 bits per heavy atom. The van der Waals surface area contributed by atoms with E-state index < -0.39 is 10.8 Å². The molecule has 0 aliphatic heterocycles. The van der Waals surface area contributed by atoms with Crippen molar-refractivity contribution in [3.05, 3.63) is 56.5 Å². The zero-order chi connectivity index (χ0) is 19.3. The molecule has 136 valence electrons. The van der Waals surface area contributed by atoms with Gasteiger partial charge < -0.3 is 14.8 Å². The Bertz CT molecular complexity index is 853. The number of halogens is 1. The highest BCUT2D eigenvalue weighted by molar-refractivity contribution is 9.10. The summed E-state index contributed by atoms with van der Waals surface area (Å²) >= 11 is 8.36. The summed E-state index contributed by atoms with van der Waals surface area (Å²) in [5, 5.41) is 16.1. The van der Waals surface area contributed by atoms with E-state index in [-0.39, 0.29) is 16.4 Å². The van der Waals surface area contributed by atoms with Crippen LogP contribution in [-0.2, 0) is 0 Å². The number of benzene rings is 2. The summed E-state index contributed by atoms with van der Waals surface area (Å²) in [6.45, 7) is 0. The van der Waals surface area contributed by atoms with E-state index in [0.29, 0.717) is 21.7 Å². The van der Waals surface area contributed by atoms with Crippen LogP contribution < -0.4 is 20.1 Å². The molecule has 0 atom stereocenters. The number of carbonyl (C=O) groups is 1. The second-order valence-electron chi connectivity index (χ2n) is 4.87. The summed E-state index contributed by atoms with van der Waals surface area (Å²) in [6, 6.07) is 9.07. The number of hydrogen-bond donors (Lipinski definition) is 2. The molecule has 26 heavy (non-hydrogen) atoms. The van der Waals surface area contributed by atoms with Crippen LogP contribution in [-0.4, -0.2) is 30.2 Å². The van der Waals surface area contributed by atoms with Crippen LogP contribution in [0.1, 0.15) is 10.4 Å². The molecule has 0 aromatic heterocycles. The molecule has 1 amide bonds. The van der Waals surface area contributed by atoms with Crippen LogP contribution in [0, 0.1) is 10.1 Å². The predicted octanol–water partition coefficient (Wildman–Crippen LogP) is 3.50. The predicted molar refractivity (Wildman–Crippen MR) is 104 cm³/mol. The number of nitro benzene ring substituents is 1. The van der Waals surface area contributed by atoms with Crippen molar-refractivity contribution < 1.29 is 19.2 Å². The summed E-state index contributed by atoms with van der Waals surface area (Å²) in [7, 11) is 2.88. The lowest BCUT2D eigenvalue weighted by Gasteiger charge is -2.14. The molecule has 2 aromatic carbocycles. The molecule has 0 fully saturated rings. The highest BCUT2D eigenvalue weighted by Crippen LogP contribution is 2.29. The number of ether oxygens (including phenoxy) is 2. The largest absolute Gasteiger partial charge is 0.496 e. The van der Waals surface area contributed by atoms with Crippen molar-refractivity contribution in [2.24, 2.45) is 0 Å². The number of nitrogens with zero attached hydrogens (tertiary/aromatic N) is 1. The Morgan fingerprint density at radius 2 is 1.81 bits per heavy atom. The number of carbonyl (C=O) groups excluding carboxylic acids is 1. The summed E-state index contributed by atoms with van der Waals surface area (Å²) < 4.78 is 10.8. The minimum Gasteiger partial charge on any atom is -0.496 e. The quantitative estimate of drug-likeness (QED) is 0.417. The van der Waals surface area contributed by atoms with Crippen molar-refractivity contribution in [2.75, 3.05) is 19.5 Å². The number of hydrogen-bond acceptors (Lipinski definition) is 6. The number of nitrogens with one attached hydrogen (secondary N) is 2. The maximum absolute atomic E-state index is 12.5. The number of nitro groups is 1. The summed E-state index contributed by atoms with van der Waals surface area (Å²) in [5.41, 5.74) is 0.591. The number of anilines is 1. The summed E-state index contributed by atoms with van der Waals surface area (Å²) in [4.78, 5) is 22.8. The fourth-order valence-corrected chi connectivity index (χ4v) is 2.78. The molecule has 0 bridgehead atoms. The average Bonchev–Trinajstić information content (AvgIpc) is 2.62. The molecule has 0 aliphatic rings. The van der Waals surface area contributed by atoms with Gasteiger partial charge in [-0.05, 0) is 46.3 Å². The normalized spacial score (nSPS) is 9.96. The van der Waals surface area contributed by atoms with Crippen LogP contribution >= 0.6 is 28.1 Å². The molecule has 2 N–H and O–H groups in total. The maximum Gasteiger partial charge on any atom is 0.270 e. The van der Waals surface area contributed by atoms with Gasteiger partial charge in [-0.2, -0.15) is 0 Å². The number of rotatable bonds is 5. The van der Waals surface area contributed by atoms with Crippen molar-refractivity contribution >= 4 is 50.5 Å². The fourth-order valence-electron chi connectivity index (χ4n) is 2.11. The topological polar surface area (TPSA) is 103 Å². The van der Waals surface area contributed by atoms with E-state index in [1.807, 2.05) is 0 Å². The Labute approximate surface area is 162 Å². The van der Waals surface area contributed by atoms with Crippen LogP contribution in [0.4, 0.5) is 11.4 Å². The van der Waals surface area contributed by atoms with Gasteiger partial charge in [0.05, 0.1) is 24.8 Å². The molecular formula is C16H14BrN3O5S. The third kappa shape index (κ3) is 4.46. The smallest absolute Gasteiger partial charge is 0.270 e.